The molecule has 1 saturated heterocycles. The van der Waals surface area contributed by atoms with Gasteiger partial charge in [-0.1, -0.05) is 12.1 Å². The maximum Gasteiger partial charge on any atom is 0.0490 e. The van der Waals surface area contributed by atoms with E-state index in [2.05, 4.69) is 50.4 Å². The summed E-state index contributed by atoms with van der Waals surface area (Å²) in [7, 11) is 0. The van der Waals surface area contributed by atoms with Crippen molar-refractivity contribution < 1.29 is 0 Å². The van der Waals surface area contributed by atoms with Gasteiger partial charge in [0.15, 0.2) is 0 Å². The van der Waals surface area contributed by atoms with Crippen LogP contribution in [0.15, 0.2) is 42.7 Å². The molecule has 1 atom stereocenters. The lowest BCUT2D eigenvalue weighted by molar-refractivity contribution is 0.198. The number of hydrogen-bond donors (Lipinski definition) is 2. The summed E-state index contributed by atoms with van der Waals surface area (Å²) in [4.78, 5) is 5.85. The Morgan fingerprint density at radius 2 is 2.24 bits per heavy atom. The van der Waals surface area contributed by atoms with E-state index in [0.717, 1.165) is 13.1 Å². The van der Waals surface area contributed by atoms with Crippen molar-refractivity contribution in [2.45, 2.75) is 25.3 Å². The van der Waals surface area contributed by atoms with Gasteiger partial charge in [0.05, 0.1) is 0 Å². The summed E-state index contributed by atoms with van der Waals surface area (Å²) in [5.41, 5.74) is 3.89. The van der Waals surface area contributed by atoms with Crippen LogP contribution in [0.1, 0.15) is 30.0 Å². The molecular weight excluding hydrogens is 260 g/mol. The number of nitrogens with zero attached hydrogens (tertiary/aromatic N) is 2. The Balaban J connectivity index is 1.48. The molecule has 0 amide bonds. The molecule has 2 aromatic heterocycles. The molecule has 108 valence electrons. The molecule has 3 heterocycles. The lowest BCUT2D eigenvalue weighted by Crippen LogP contribution is -2.34. The SMILES string of the molecule is c1cc(C2CCCN(Cc3ccc4cc[nH]c4c3)C2)[nH]n1. The molecule has 4 heteroatoms. The number of fused-ring (bicyclic) bond motifs is 1. The zero-order chi connectivity index (χ0) is 14.1. The van der Waals surface area contributed by atoms with Crippen LogP contribution in [0, 0.1) is 0 Å². The van der Waals surface area contributed by atoms with Gasteiger partial charge >= 0.3 is 0 Å². The van der Waals surface area contributed by atoms with Gasteiger partial charge < -0.3 is 4.98 Å². The van der Waals surface area contributed by atoms with E-state index in [1.807, 2.05) is 12.4 Å². The van der Waals surface area contributed by atoms with Crippen LogP contribution in [-0.2, 0) is 6.54 Å². The van der Waals surface area contributed by atoms with Gasteiger partial charge in [-0.15, -0.1) is 0 Å². The highest BCUT2D eigenvalue weighted by Crippen LogP contribution is 2.26. The molecule has 1 fully saturated rings. The summed E-state index contributed by atoms with van der Waals surface area (Å²) in [6.07, 6.45) is 6.37. The molecule has 0 aliphatic carbocycles. The Labute approximate surface area is 124 Å². The van der Waals surface area contributed by atoms with Gasteiger partial charge in [-0.2, -0.15) is 5.10 Å². The lowest BCUT2D eigenvalue weighted by atomic mass is 9.94. The molecule has 3 aromatic rings. The third-order valence-electron chi connectivity index (χ3n) is 4.49. The first-order chi connectivity index (χ1) is 10.4. The Kier molecular flexibility index (Phi) is 3.24. The van der Waals surface area contributed by atoms with Crippen LogP contribution in [-0.4, -0.2) is 33.2 Å². The molecule has 1 aliphatic rings. The van der Waals surface area contributed by atoms with Gasteiger partial charge in [0.1, 0.15) is 0 Å². The second-order valence-electron chi connectivity index (χ2n) is 5.99. The van der Waals surface area contributed by atoms with Crippen molar-refractivity contribution in [2.24, 2.45) is 0 Å². The summed E-state index contributed by atoms with van der Waals surface area (Å²) in [5.74, 6) is 0.593. The van der Waals surface area contributed by atoms with E-state index in [0.29, 0.717) is 5.92 Å². The number of nitrogens with one attached hydrogen (secondary N) is 2. The molecule has 1 aliphatic heterocycles. The minimum Gasteiger partial charge on any atom is -0.361 e. The van der Waals surface area contributed by atoms with Gasteiger partial charge in [0.25, 0.3) is 0 Å². The van der Waals surface area contributed by atoms with Crippen molar-refractivity contribution in [3.05, 3.63) is 54.0 Å². The normalized spacial score (nSPS) is 20.1. The number of benzene rings is 1. The standard InChI is InChI=1S/C17H20N4/c1-2-15(16-6-8-19-20-16)12-21(9-1)11-13-3-4-14-5-7-18-17(14)10-13/h3-8,10,15,18H,1-2,9,11-12H2,(H,19,20). The second-order valence-corrected chi connectivity index (χ2v) is 5.99. The van der Waals surface area contributed by atoms with Gasteiger partial charge in [0, 0.05) is 42.6 Å². The fourth-order valence-electron chi connectivity index (χ4n) is 3.40. The van der Waals surface area contributed by atoms with E-state index in [4.69, 9.17) is 0 Å². The van der Waals surface area contributed by atoms with Gasteiger partial charge in [-0.05, 0) is 48.5 Å². The average molecular weight is 280 g/mol. The van der Waals surface area contributed by atoms with Crippen molar-refractivity contribution in [3.63, 3.8) is 0 Å². The first kappa shape index (κ1) is 12.7. The number of aromatic amines is 2. The quantitative estimate of drug-likeness (QED) is 0.773. The first-order valence-electron chi connectivity index (χ1n) is 7.66. The van der Waals surface area contributed by atoms with Crippen molar-refractivity contribution in [1.82, 2.24) is 20.1 Å². The first-order valence-corrected chi connectivity index (χ1v) is 7.66. The predicted octanol–water partition coefficient (Wildman–Crippen LogP) is 3.27. The summed E-state index contributed by atoms with van der Waals surface area (Å²) >= 11 is 0. The van der Waals surface area contributed by atoms with Crippen LogP contribution in [0.3, 0.4) is 0 Å². The predicted molar refractivity (Wildman–Crippen MR) is 84.1 cm³/mol. The van der Waals surface area contributed by atoms with E-state index in [9.17, 15) is 0 Å². The third-order valence-corrected chi connectivity index (χ3v) is 4.49. The Hall–Kier alpha value is -2.07. The minimum absolute atomic E-state index is 0.593. The van der Waals surface area contributed by atoms with Crippen LogP contribution in [0.4, 0.5) is 0 Å². The number of hydrogen-bond acceptors (Lipinski definition) is 2. The monoisotopic (exact) mass is 280 g/mol. The number of aromatic nitrogens is 3. The van der Waals surface area contributed by atoms with Gasteiger partial charge in [-0.3, -0.25) is 10.00 Å². The van der Waals surface area contributed by atoms with Crippen molar-refractivity contribution >= 4 is 10.9 Å². The highest BCUT2D eigenvalue weighted by molar-refractivity contribution is 5.79. The largest absolute Gasteiger partial charge is 0.361 e. The highest BCUT2D eigenvalue weighted by Gasteiger charge is 2.22. The molecule has 21 heavy (non-hydrogen) atoms. The lowest BCUT2D eigenvalue weighted by Gasteiger charge is -2.32. The number of likely N-dealkylation sites (tertiary alicyclic amines) is 1. The molecular formula is C17H20N4. The molecule has 1 aromatic carbocycles. The zero-order valence-corrected chi connectivity index (χ0v) is 12.0. The van der Waals surface area contributed by atoms with Gasteiger partial charge in [-0.25, -0.2) is 0 Å². The smallest absolute Gasteiger partial charge is 0.0490 e. The molecule has 4 nitrogen and oxygen atoms in total. The summed E-state index contributed by atoms with van der Waals surface area (Å²) in [6.45, 7) is 3.33. The van der Waals surface area contributed by atoms with E-state index in [1.165, 1.54) is 41.5 Å². The summed E-state index contributed by atoms with van der Waals surface area (Å²) in [6, 6.07) is 11.0. The van der Waals surface area contributed by atoms with Crippen molar-refractivity contribution in [2.75, 3.05) is 13.1 Å². The van der Waals surface area contributed by atoms with Crippen LogP contribution in [0.25, 0.3) is 10.9 Å². The van der Waals surface area contributed by atoms with E-state index in [1.54, 1.807) is 0 Å². The Morgan fingerprint density at radius 1 is 1.24 bits per heavy atom. The van der Waals surface area contributed by atoms with Gasteiger partial charge in [0.2, 0.25) is 0 Å². The highest BCUT2D eigenvalue weighted by atomic mass is 15.1. The summed E-state index contributed by atoms with van der Waals surface area (Å²) < 4.78 is 0. The molecule has 0 spiro atoms. The second kappa shape index (κ2) is 5.37. The molecule has 2 N–H and O–H groups in total. The van der Waals surface area contributed by atoms with E-state index < -0.39 is 0 Å². The van der Waals surface area contributed by atoms with Crippen LogP contribution < -0.4 is 0 Å². The zero-order valence-electron chi connectivity index (χ0n) is 12.0. The number of rotatable bonds is 3. The Bertz CT molecular complexity index is 713. The molecule has 0 saturated carbocycles. The van der Waals surface area contributed by atoms with E-state index >= 15 is 0 Å². The summed E-state index contributed by atoms with van der Waals surface area (Å²) in [5, 5.41) is 8.50. The Morgan fingerprint density at radius 3 is 3.14 bits per heavy atom. The van der Waals surface area contributed by atoms with E-state index in [-0.39, 0.29) is 0 Å². The molecule has 0 radical (unpaired) electrons. The van der Waals surface area contributed by atoms with Crippen LogP contribution in [0.5, 0.6) is 0 Å². The van der Waals surface area contributed by atoms with Crippen LogP contribution in [0.2, 0.25) is 0 Å². The van der Waals surface area contributed by atoms with Crippen molar-refractivity contribution in [3.8, 4) is 0 Å². The number of piperidine rings is 1. The fraction of sp³-hybridized carbons (Fsp3) is 0.353. The maximum atomic E-state index is 4.09. The van der Waals surface area contributed by atoms with Crippen LogP contribution >= 0.6 is 0 Å². The number of H-pyrrole nitrogens is 2. The fourth-order valence-corrected chi connectivity index (χ4v) is 3.40. The minimum atomic E-state index is 0.593. The van der Waals surface area contributed by atoms with Crippen molar-refractivity contribution in [1.29, 1.82) is 0 Å². The molecule has 0 bridgehead atoms. The third kappa shape index (κ3) is 2.59. The molecule has 4 rings (SSSR count). The topological polar surface area (TPSA) is 47.7 Å². The average Bonchev–Trinajstić information content (AvgIpc) is 3.18. The maximum absolute atomic E-state index is 4.09. The molecule has 1 unspecified atom stereocenters.